The number of methoxy groups -OCH3 is 1. The van der Waals surface area contributed by atoms with E-state index in [4.69, 9.17) is 15.2 Å². The third-order valence-electron chi connectivity index (χ3n) is 3.49. The molecule has 1 amide bonds. The molecule has 0 aromatic heterocycles. The van der Waals surface area contributed by atoms with Gasteiger partial charge in [0, 0.05) is 20.2 Å². The van der Waals surface area contributed by atoms with Crippen molar-refractivity contribution < 1.29 is 18.7 Å². The highest BCUT2D eigenvalue weighted by Crippen LogP contribution is 2.19. The fraction of sp³-hybridized carbons (Fsp3) is 0.500. The number of hydrogen-bond donors (Lipinski definition) is 1. The lowest BCUT2D eigenvalue weighted by Crippen LogP contribution is -2.42. The van der Waals surface area contributed by atoms with Crippen molar-refractivity contribution in [3.05, 3.63) is 30.1 Å². The quantitative estimate of drug-likeness (QED) is 0.837. The van der Waals surface area contributed by atoms with Gasteiger partial charge >= 0.3 is 0 Å². The van der Waals surface area contributed by atoms with Crippen LogP contribution in [-0.2, 0) is 9.53 Å². The van der Waals surface area contributed by atoms with Crippen LogP contribution in [0.2, 0.25) is 0 Å². The van der Waals surface area contributed by atoms with E-state index in [0.29, 0.717) is 31.9 Å². The van der Waals surface area contributed by atoms with Crippen LogP contribution in [0.4, 0.5) is 4.39 Å². The zero-order chi connectivity index (χ0) is 14.5. The second kappa shape index (κ2) is 6.67. The third kappa shape index (κ3) is 3.68. The van der Waals surface area contributed by atoms with Gasteiger partial charge in [0.1, 0.15) is 18.2 Å². The number of ether oxygens (including phenoxy) is 2. The summed E-state index contributed by atoms with van der Waals surface area (Å²) in [5.74, 6) is -0.0375. The van der Waals surface area contributed by atoms with Gasteiger partial charge in [-0.1, -0.05) is 0 Å². The van der Waals surface area contributed by atoms with E-state index in [-0.39, 0.29) is 23.9 Å². The minimum absolute atomic E-state index is 0.0262. The van der Waals surface area contributed by atoms with Gasteiger partial charge in [0.05, 0.1) is 12.1 Å². The summed E-state index contributed by atoms with van der Waals surface area (Å²) in [6.45, 7) is 1.65. The van der Waals surface area contributed by atoms with Gasteiger partial charge in [0.25, 0.3) is 0 Å². The summed E-state index contributed by atoms with van der Waals surface area (Å²) in [5.41, 5.74) is 5.39. The molecule has 2 N–H and O–H groups in total. The Morgan fingerprint density at radius 1 is 1.45 bits per heavy atom. The molecule has 2 rings (SSSR count). The van der Waals surface area contributed by atoms with Crippen LogP contribution in [0.15, 0.2) is 24.3 Å². The lowest BCUT2D eigenvalue weighted by Gasteiger charge is -2.21. The molecule has 6 heteroatoms. The van der Waals surface area contributed by atoms with E-state index in [0.717, 1.165) is 0 Å². The average molecular weight is 282 g/mol. The van der Waals surface area contributed by atoms with Crippen LogP contribution in [0.5, 0.6) is 5.75 Å². The molecular weight excluding hydrogens is 263 g/mol. The Morgan fingerprint density at radius 3 is 2.75 bits per heavy atom. The highest BCUT2D eigenvalue weighted by atomic mass is 19.1. The predicted molar refractivity (Wildman–Crippen MR) is 71.9 cm³/mol. The Bertz CT molecular complexity index is 452. The number of nitrogens with zero attached hydrogens (tertiary/aromatic N) is 1. The molecule has 0 spiro atoms. The highest BCUT2D eigenvalue weighted by molar-refractivity contribution is 5.80. The Hall–Kier alpha value is -1.66. The molecule has 1 aromatic carbocycles. The van der Waals surface area contributed by atoms with E-state index in [9.17, 15) is 9.18 Å². The van der Waals surface area contributed by atoms with Crippen LogP contribution in [0.3, 0.4) is 0 Å². The van der Waals surface area contributed by atoms with Gasteiger partial charge in [-0.2, -0.15) is 0 Å². The first-order valence-corrected chi connectivity index (χ1v) is 6.54. The van der Waals surface area contributed by atoms with E-state index in [2.05, 4.69) is 0 Å². The van der Waals surface area contributed by atoms with Gasteiger partial charge in [-0.25, -0.2) is 4.39 Å². The van der Waals surface area contributed by atoms with Crippen molar-refractivity contribution >= 4 is 5.91 Å². The fourth-order valence-electron chi connectivity index (χ4n) is 2.39. The molecular formula is C14H19FN2O3. The maximum Gasteiger partial charge on any atom is 0.234 e. The van der Waals surface area contributed by atoms with Crippen LogP contribution in [0, 0.1) is 5.82 Å². The van der Waals surface area contributed by atoms with Gasteiger partial charge in [-0.05, 0) is 30.7 Å². The third-order valence-corrected chi connectivity index (χ3v) is 3.49. The molecule has 1 saturated heterocycles. The van der Waals surface area contributed by atoms with Crippen molar-refractivity contribution in [1.82, 2.24) is 4.90 Å². The molecule has 0 saturated carbocycles. The molecule has 1 fully saturated rings. The maximum atomic E-state index is 12.7. The summed E-state index contributed by atoms with van der Waals surface area (Å²) in [6.07, 6.45) is 0.640. The molecule has 110 valence electrons. The topological polar surface area (TPSA) is 64.8 Å². The molecule has 1 heterocycles. The smallest absolute Gasteiger partial charge is 0.234 e. The van der Waals surface area contributed by atoms with Crippen molar-refractivity contribution in [3.8, 4) is 5.75 Å². The molecule has 2 atom stereocenters. The van der Waals surface area contributed by atoms with Crippen molar-refractivity contribution in [2.75, 3.05) is 26.8 Å². The summed E-state index contributed by atoms with van der Waals surface area (Å²) in [5, 5.41) is 0. The average Bonchev–Trinajstić information content (AvgIpc) is 2.85. The standard InChI is InChI=1S/C14H19FN2O3/c1-19-12-8-13(14(16)18)17(9-12)6-7-20-11-4-2-10(15)3-5-11/h2-5,12-13H,6-9H2,1H3,(H2,16,18)/t12-,13-/m0/s1. The number of carbonyl (C=O) groups excluding carboxylic acids is 1. The summed E-state index contributed by atoms with van der Waals surface area (Å²) >= 11 is 0. The van der Waals surface area contributed by atoms with Gasteiger partial charge < -0.3 is 15.2 Å². The fourth-order valence-corrected chi connectivity index (χ4v) is 2.39. The SMILES string of the molecule is CO[C@H]1C[C@@H](C(N)=O)N(CCOc2ccc(F)cc2)C1. The molecule has 0 aliphatic carbocycles. The van der Waals surface area contributed by atoms with Crippen molar-refractivity contribution in [3.63, 3.8) is 0 Å². The number of amides is 1. The van der Waals surface area contributed by atoms with Gasteiger partial charge in [0.15, 0.2) is 0 Å². The van der Waals surface area contributed by atoms with E-state index in [1.165, 1.54) is 12.1 Å². The Labute approximate surface area is 117 Å². The maximum absolute atomic E-state index is 12.7. The lowest BCUT2D eigenvalue weighted by atomic mass is 10.2. The summed E-state index contributed by atoms with van der Waals surface area (Å²) < 4.78 is 23.5. The Kier molecular flexibility index (Phi) is 4.92. The first kappa shape index (κ1) is 14.7. The summed E-state index contributed by atoms with van der Waals surface area (Å²) in [4.78, 5) is 13.3. The second-order valence-corrected chi connectivity index (χ2v) is 4.81. The van der Waals surface area contributed by atoms with E-state index in [1.807, 2.05) is 4.90 Å². The zero-order valence-electron chi connectivity index (χ0n) is 11.4. The molecule has 1 aliphatic rings. The van der Waals surface area contributed by atoms with Crippen molar-refractivity contribution in [1.29, 1.82) is 0 Å². The zero-order valence-corrected chi connectivity index (χ0v) is 11.4. The largest absolute Gasteiger partial charge is 0.492 e. The van der Waals surface area contributed by atoms with E-state index in [1.54, 1.807) is 19.2 Å². The van der Waals surface area contributed by atoms with Crippen LogP contribution in [0.1, 0.15) is 6.42 Å². The first-order chi connectivity index (χ1) is 9.60. The van der Waals surface area contributed by atoms with Crippen LogP contribution in [-0.4, -0.2) is 49.8 Å². The number of carbonyl (C=O) groups is 1. The van der Waals surface area contributed by atoms with Crippen LogP contribution >= 0.6 is 0 Å². The number of likely N-dealkylation sites (tertiary alicyclic amines) is 1. The van der Waals surface area contributed by atoms with Crippen LogP contribution in [0.25, 0.3) is 0 Å². The summed E-state index contributed by atoms with van der Waals surface area (Å²) in [7, 11) is 1.63. The molecule has 5 nitrogen and oxygen atoms in total. The Morgan fingerprint density at radius 2 is 2.15 bits per heavy atom. The van der Waals surface area contributed by atoms with Crippen molar-refractivity contribution in [2.24, 2.45) is 5.73 Å². The second-order valence-electron chi connectivity index (χ2n) is 4.81. The molecule has 0 radical (unpaired) electrons. The van der Waals surface area contributed by atoms with Gasteiger partial charge in [-0.3, -0.25) is 9.69 Å². The first-order valence-electron chi connectivity index (χ1n) is 6.54. The molecule has 20 heavy (non-hydrogen) atoms. The molecule has 1 aromatic rings. The number of halogens is 1. The lowest BCUT2D eigenvalue weighted by molar-refractivity contribution is -0.122. The van der Waals surface area contributed by atoms with Crippen molar-refractivity contribution in [2.45, 2.75) is 18.6 Å². The monoisotopic (exact) mass is 282 g/mol. The predicted octanol–water partition coefficient (Wildman–Crippen LogP) is 0.779. The Balaban J connectivity index is 1.83. The highest BCUT2D eigenvalue weighted by Gasteiger charge is 2.35. The van der Waals surface area contributed by atoms with Gasteiger partial charge in [-0.15, -0.1) is 0 Å². The number of benzene rings is 1. The molecule has 0 bridgehead atoms. The minimum atomic E-state index is -0.341. The minimum Gasteiger partial charge on any atom is -0.492 e. The molecule has 0 unspecified atom stereocenters. The normalized spacial score (nSPS) is 22.9. The summed E-state index contributed by atoms with van der Waals surface area (Å²) in [6, 6.07) is 5.53. The number of hydrogen-bond acceptors (Lipinski definition) is 4. The van der Waals surface area contributed by atoms with Crippen LogP contribution < -0.4 is 10.5 Å². The number of rotatable bonds is 6. The van der Waals surface area contributed by atoms with Gasteiger partial charge in [0.2, 0.25) is 5.91 Å². The van der Waals surface area contributed by atoms with E-state index >= 15 is 0 Å². The number of primary amides is 1. The number of nitrogens with two attached hydrogens (primary N) is 1. The molecule has 1 aliphatic heterocycles. The van der Waals surface area contributed by atoms with E-state index < -0.39 is 0 Å².